The van der Waals surface area contributed by atoms with Crippen molar-refractivity contribution in [2.24, 2.45) is 4.99 Å². The van der Waals surface area contributed by atoms with Crippen LogP contribution < -0.4 is 10.6 Å². The molecule has 49 heavy (non-hydrogen) atoms. The second-order valence-electron chi connectivity index (χ2n) is 12.3. The summed E-state index contributed by atoms with van der Waals surface area (Å²) in [4.78, 5) is 5.33. The van der Waals surface area contributed by atoms with Gasteiger partial charge in [0.25, 0.3) is 0 Å². The lowest BCUT2D eigenvalue weighted by Gasteiger charge is -2.14. The summed E-state index contributed by atoms with van der Waals surface area (Å²) in [7, 11) is -3.80. The van der Waals surface area contributed by atoms with Crippen molar-refractivity contribution in [3.8, 4) is 17.4 Å². The van der Waals surface area contributed by atoms with E-state index in [1.165, 1.54) is 24.3 Å². The van der Waals surface area contributed by atoms with E-state index in [9.17, 15) is 13.7 Å². The molecule has 0 unspecified atom stereocenters. The van der Waals surface area contributed by atoms with Gasteiger partial charge < -0.3 is 9.13 Å². The Morgan fingerprint density at radius 2 is 1.29 bits per heavy atom. The van der Waals surface area contributed by atoms with Crippen molar-refractivity contribution < 1.29 is 8.42 Å². The molecule has 0 saturated carbocycles. The van der Waals surface area contributed by atoms with Crippen molar-refractivity contribution in [3.05, 3.63) is 173 Å². The smallest absolute Gasteiger partial charge is 0.206 e. The average Bonchev–Trinajstić information content (AvgIpc) is 3.87. The topological polar surface area (TPSA) is 80.1 Å². The number of benzene rings is 6. The maximum atomic E-state index is 13.7. The van der Waals surface area contributed by atoms with Crippen LogP contribution in [-0.4, -0.2) is 17.6 Å². The van der Waals surface area contributed by atoms with Gasteiger partial charge in [-0.25, -0.2) is 13.4 Å². The number of nitriles is 1. The molecule has 0 fully saturated rings. The number of nitrogens with zero attached hydrogens (tertiary/aromatic N) is 4. The molecule has 2 aliphatic rings. The Labute approximate surface area is 281 Å². The molecule has 0 bridgehead atoms. The third-order valence-corrected chi connectivity index (χ3v) is 11.5. The summed E-state index contributed by atoms with van der Waals surface area (Å²) >= 11 is 0. The van der Waals surface area contributed by atoms with Crippen molar-refractivity contribution in [3.63, 3.8) is 0 Å². The van der Waals surface area contributed by atoms with E-state index < -0.39 is 9.84 Å². The van der Waals surface area contributed by atoms with Crippen molar-refractivity contribution in [1.82, 2.24) is 9.13 Å². The molecule has 0 spiro atoms. The Kier molecular flexibility index (Phi) is 5.64. The average molecular weight is 649 g/mol. The van der Waals surface area contributed by atoms with Gasteiger partial charge >= 0.3 is 0 Å². The van der Waals surface area contributed by atoms with Gasteiger partial charge in [-0.05, 0) is 84.9 Å². The highest BCUT2D eigenvalue weighted by molar-refractivity contribution is 7.91. The van der Waals surface area contributed by atoms with E-state index in [4.69, 9.17) is 4.99 Å². The minimum atomic E-state index is -3.80. The maximum absolute atomic E-state index is 13.7. The molecule has 3 heterocycles. The highest BCUT2D eigenvalue weighted by atomic mass is 32.2. The molecule has 1 aliphatic heterocycles. The molecule has 6 aromatic carbocycles. The maximum Gasteiger partial charge on any atom is 0.206 e. The van der Waals surface area contributed by atoms with Crippen LogP contribution in [0.15, 0.2) is 160 Å². The molecule has 0 amide bonds. The predicted molar refractivity (Wildman–Crippen MR) is 192 cm³/mol. The number of hydrogen-bond donors (Lipinski definition) is 0. The molecule has 6 nitrogen and oxygen atoms in total. The molecule has 0 radical (unpaired) electrons. The van der Waals surface area contributed by atoms with Crippen LogP contribution in [-0.2, 0) is 9.84 Å². The van der Waals surface area contributed by atoms with Gasteiger partial charge in [-0.1, -0.05) is 60.7 Å². The molecule has 0 atom stereocenters. The first kappa shape index (κ1) is 27.6. The van der Waals surface area contributed by atoms with Gasteiger partial charge in [-0.3, -0.25) is 0 Å². The summed E-state index contributed by atoms with van der Waals surface area (Å²) in [6.45, 7) is 0. The van der Waals surface area contributed by atoms with E-state index in [-0.39, 0.29) is 9.79 Å². The Bertz CT molecular complexity index is 3040. The number of hydrogen-bond acceptors (Lipinski definition) is 4. The van der Waals surface area contributed by atoms with Gasteiger partial charge in [0.05, 0.1) is 54.7 Å². The highest BCUT2D eigenvalue weighted by Gasteiger charge is 2.32. The van der Waals surface area contributed by atoms with E-state index in [1.807, 2.05) is 42.5 Å². The fourth-order valence-corrected chi connectivity index (χ4v) is 8.83. The third-order valence-electron chi connectivity index (χ3n) is 9.71. The fraction of sp³-hybridized carbons (Fsp3) is 0. The molecule has 1 aliphatic carbocycles. The van der Waals surface area contributed by atoms with Crippen molar-refractivity contribution in [2.75, 3.05) is 0 Å². The number of fused-ring (bicyclic) bond motifs is 10. The zero-order chi connectivity index (χ0) is 32.9. The minimum absolute atomic E-state index is 0.149. The van der Waals surface area contributed by atoms with Crippen LogP contribution in [0.25, 0.3) is 55.7 Å². The third kappa shape index (κ3) is 3.80. The SMILES string of the molecule is N#Cc1ccc(S(=O)(=O)c2ccc(-n3c4c(c5ccc6c(c7ccccc7n6-c6ccccc6)c53)C=C3N=c5ccccc5=C34)cc2)cc1. The van der Waals surface area contributed by atoms with Crippen LogP contribution >= 0.6 is 0 Å². The summed E-state index contributed by atoms with van der Waals surface area (Å²) in [6.07, 6.45) is 2.19. The Hall–Kier alpha value is -6.49. The van der Waals surface area contributed by atoms with Crippen molar-refractivity contribution >= 4 is 54.2 Å². The van der Waals surface area contributed by atoms with Crippen LogP contribution in [0.4, 0.5) is 0 Å². The summed E-state index contributed by atoms with van der Waals surface area (Å²) in [5.41, 5.74) is 9.76. The molecular formula is C42H24N4O2S. The molecular weight excluding hydrogens is 625 g/mol. The molecule has 8 aromatic rings. The van der Waals surface area contributed by atoms with Crippen LogP contribution in [0.5, 0.6) is 0 Å². The van der Waals surface area contributed by atoms with Gasteiger partial charge in [0, 0.05) is 43.9 Å². The normalized spacial score (nSPS) is 13.3. The van der Waals surface area contributed by atoms with E-state index in [2.05, 4.69) is 81.9 Å². The number of aromatic nitrogens is 2. The number of para-hydroxylation sites is 3. The summed E-state index contributed by atoms with van der Waals surface area (Å²) in [6, 6.07) is 46.8. The highest BCUT2D eigenvalue weighted by Crippen LogP contribution is 2.47. The summed E-state index contributed by atoms with van der Waals surface area (Å²) in [5, 5.41) is 14.6. The number of rotatable bonds is 4. The lowest BCUT2D eigenvalue weighted by atomic mass is 10.1. The van der Waals surface area contributed by atoms with Gasteiger partial charge in [-0.15, -0.1) is 0 Å². The quantitative estimate of drug-likeness (QED) is 0.197. The van der Waals surface area contributed by atoms with Crippen LogP contribution in [0.2, 0.25) is 0 Å². The lowest BCUT2D eigenvalue weighted by molar-refractivity contribution is 0.596. The molecule has 0 N–H and O–H groups in total. The Balaban J connectivity index is 1.29. The first-order valence-electron chi connectivity index (χ1n) is 16.0. The van der Waals surface area contributed by atoms with Gasteiger partial charge in [0.15, 0.2) is 0 Å². The summed E-state index contributed by atoms with van der Waals surface area (Å²) < 4.78 is 31.9. The molecule has 7 heteroatoms. The lowest BCUT2D eigenvalue weighted by Crippen LogP contribution is -2.22. The van der Waals surface area contributed by atoms with E-state index in [0.29, 0.717) is 5.56 Å². The zero-order valence-corrected chi connectivity index (χ0v) is 26.7. The summed E-state index contributed by atoms with van der Waals surface area (Å²) in [5.74, 6) is 0. The van der Waals surface area contributed by atoms with Crippen LogP contribution in [0.1, 0.15) is 16.8 Å². The first-order chi connectivity index (χ1) is 24.0. The Morgan fingerprint density at radius 3 is 2.06 bits per heavy atom. The molecule has 230 valence electrons. The van der Waals surface area contributed by atoms with E-state index in [1.54, 1.807) is 12.1 Å². The standard InChI is InChI=1S/C42H24N4O2S/c43-25-26-14-18-29(19-15-26)49(47,48)30-20-16-28(17-21-30)46-41-31(34-24-36-39(42(34)46)32-10-4-6-12-35(32)44-36)22-23-38-40(41)33-11-5-7-13-37(33)45(38)27-8-2-1-3-9-27/h1-24H. The van der Waals surface area contributed by atoms with Gasteiger partial charge in [-0.2, -0.15) is 5.26 Å². The second-order valence-corrected chi connectivity index (χ2v) is 14.3. The van der Waals surface area contributed by atoms with Crippen LogP contribution in [0.3, 0.4) is 0 Å². The van der Waals surface area contributed by atoms with Gasteiger partial charge in [0.1, 0.15) is 0 Å². The van der Waals surface area contributed by atoms with E-state index in [0.717, 1.165) is 77.2 Å². The first-order valence-corrected chi connectivity index (χ1v) is 17.4. The predicted octanol–water partition coefficient (Wildman–Crippen LogP) is 7.62. The molecule has 2 aromatic heterocycles. The van der Waals surface area contributed by atoms with Gasteiger partial charge in [0.2, 0.25) is 9.84 Å². The largest absolute Gasteiger partial charge is 0.309 e. The number of allylic oxidation sites excluding steroid dienone is 1. The fourth-order valence-electron chi connectivity index (χ4n) is 7.57. The monoisotopic (exact) mass is 648 g/mol. The molecule has 10 rings (SSSR count). The second kappa shape index (κ2) is 10.0. The van der Waals surface area contributed by atoms with Crippen molar-refractivity contribution in [2.45, 2.75) is 9.79 Å². The van der Waals surface area contributed by atoms with Crippen LogP contribution in [0, 0.1) is 11.3 Å². The number of sulfone groups is 1. The Morgan fingerprint density at radius 1 is 0.612 bits per heavy atom. The molecule has 0 saturated heterocycles. The minimum Gasteiger partial charge on any atom is -0.309 e. The van der Waals surface area contributed by atoms with Crippen molar-refractivity contribution in [1.29, 1.82) is 5.26 Å². The van der Waals surface area contributed by atoms with E-state index >= 15 is 0 Å². The zero-order valence-electron chi connectivity index (χ0n) is 25.9.